The lowest BCUT2D eigenvalue weighted by Gasteiger charge is -2.18. The second-order valence-electron chi connectivity index (χ2n) is 6.40. The fraction of sp³-hybridized carbons (Fsp3) is 0.227. The van der Waals surface area contributed by atoms with Gasteiger partial charge in [-0.1, -0.05) is 11.8 Å². The summed E-state index contributed by atoms with van der Waals surface area (Å²) in [5.74, 6) is -0.238. The molecular weight excluding hydrogens is 421 g/mol. The van der Waals surface area contributed by atoms with Crippen LogP contribution in [0.15, 0.2) is 58.3 Å². The number of carbonyl (C=O) groups excluding carboxylic acids is 2. The molecule has 2 aromatic carbocycles. The summed E-state index contributed by atoms with van der Waals surface area (Å²) in [5, 5.41) is 4.72. The second-order valence-corrected chi connectivity index (χ2v) is 8.48. The van der Waals surface area contributed by atoms with E-state index in [1.807, 2.05) is 19.2 Å². The molecule has 0 spiro atoms. The molecule has 0 saturated heterocycles. The van der Waals surface area contributed by atoms with Gasteiger partial charge in [0.25, 0.3) is 5.91 Å². The predicted molar refractivity (Wildman–Crippen MR) is 121 cm³/mol. The Morgan fingerprint density at radius 2 is 1.73 bits per heavy atom. The first-order valence-corrected chi connectivity index (χ1v) is 11.4. The van der Waals surface area contributed by atoms with Crippen molar-refractivity contribution in [2.24, 2.45) is 0 Å². The molecule has 3 rings (SSSR count). The normalized spacial score (nSPS) is 10.6. The van der Waals surface area contributed by atoms with Crippen LogP contribution in [0.1, 0.15) is 24.2 Å². The lowest BCUT2D eigenvalue weighted by atomic mass is 10.2. The highest BCUT2D eigenvalue weighted by Gasteiger charge is 2.13. The van der Waals surface area contributed by atoms with Gasteiger partial charge in [0, 0.05) is 35.3 Å². The van der Waals surface area contributed by atoms with Gasteiger partial charge in [-0.3, -0.25) is 9.59 Å². The Kier molecular flexibility index (Phi) is 7.59. The van der Waals surface area contributed by atoms with Crippen LogP contribution in [0.4, 0.5) is 10.1 Å². The first-order chi connectivity index (χ1) is 14.5. The molecule has 2 amide bonds. The third kappa shape index (κ3) is 5.67. The summed E-state index contributed by atoms with van der Waals surface area (Å²) >= 11 is 2.79. The highest BCUT2D eigenvalue weighted by molar-refractivity contribution is 8.01. The van der Waals surface area contributed by atoms with Crippen molar-refractivity contribution in [2.75, 3.05) is 24.2 Å². The van der Waals surface area contributed by atoms with Crippen molar-refractivity contribution >= 4 is 40.6 Å². The Morgan fingerprint density at radius 3 is 2.37 bits per heavy atom. The van der Waals surface area contributed by atoms with Gasteiger partial charge in [-0.05, 0) is 62.4 Å². The number of thioether (sulfide) groups is 1. The molecule has 3 aromatic rings. The number of nitrogens with one attached hydrogen (secondary N) is 1. The van der Waals surface area contributed by atoms with E-state index in [1.54, 1.807) is 41.3 Å². The van der Waals surface area contributed by atoms with Crippen molar-refractivity contribution in [1.29, 1.82) is 0 Å². The number of thiazole rings is 1. The van der Waals surface area contributed by atoms with Gasteiger partial charge in [0.05, 0.1) is 11.4 Å². The minimum atomic E-state index is -0.286. The molecule has 0 aliphatic heterocycles. The number of amides is 2. The van der Waals surface area contributed by atoms with Gasteiger partial charge in [-0.15, -0.1) is 11.3 Å². The number of carbonyl (C=O) groups is 2. The average molecular weight is 444 g/mol. The summed E-state index contributed by atoms with van der Waals surface area (Å²) in [7, 11) is 0. The summed E-state index contributed by atoms with van der Waals surface area (Å²) in [4.78, 5) is 30.8. The van der Waals surface area contributed by atoms with E-state index in [0.29, 0.717) is 24.3 Å². The maximum Gasteiger partial charge on any atom is 0.253 e. The molecule has 5 nitrogen and oxygen atoms in total. The summed E-state index contributed by atoms with van der Waals surface area (Å²) < 4.78 is 13.8. The number of hydrogen-bond acceptors (Lipinski definition) is 5. The summed E-state index contributed by atoms with van der Waals surface area (Å²) in [6, 6.07) is 13.1. The number of benzene rings is 2. The van der Waals surface area contributed by atoms with Gasteiger partial charge >= 0.3 is 0 Å². The highest BCUT2D eigenvalue weighted by Crippen LogP contribution is 2.28. The SMILES string of the molecule is CCN(CC)C(=O)c1ccc(NC(=O)CSc2nc(-c3ccc(F)cc3)cs2)cc1. The molecule has 0 atom stereocenters. The van der Waals surface area contributed by atoms with E-state index in [-0.39, 0.29) is 23.4 Å². The molecule has 8 heteroatoms. The Labute approximate surface area is 183 Å². The topological polar surface area (TPSA) is 62.3 Å². The number of aromatic nitrogens is 1. The van der Waals surface area contributed by atoms with Crippen LogP contribution in [0.3, 0.4) is 0 Å². The van der Waals surface area contributed by atoms with Gasteiger partial charge in [-0.25, -0.2) is 9.37 Å². The fourth-order valence-electron chi connectivity index (χ4n) is 2.79. The van der Waals surface area contributed by atoms with E-state index in [1.165, 1.54) is 35.2 Å². The van der Waals surface area contributed by atoms with E-state index in [0.717, 1.165) is 15.6 Å². The van der Waals surface area contributed by atoms with E-state index in [2.05, 4.69) is 10.3 Å². The third-order valence-electron chi connectivity index (χ3n) is 4.42. The van der Waals surface area contributed by atoms with Crippen LogP contribution in [0.2, 0.25) is 0 Å². The lowest BCUT2D eigenvalue weighted by Crippen LogP contribution is -2.30. The molecule has 0 saturated carbocycles. The molecule has 0 aliphatic rings. The van der Waals surface area contributed by atoms with Crippen molar-refractivity contribution in [3.8, 4) is 11.3 Å². The first kappa shape index (κ1) is 22.0. The number of anilines is 1. The van der Waals surface area contributed by atoms with Gasteiger partial charge in [0.1, 0.15) is 5.82 Å². The Hall–Kier alpha value is -2.71. The molecule has 1 N–H and O–H groups in total. The van der Waals surface area contributed by atoms with Gasteiger partial charge in [-0.2, -0.15) is 0 Å². The molecular formula is C22H22FN3O2S2. The van der Waals surface area contributed by atoms with E-state index >= 15 is 0 Å². The van der Waals surface area contributed by atoms with Crippen LogP contribution in [0.25, 0.3) is 11.3 Å². The second kappa shape index (κ2) is 10.4. The predicted octanol–water partition coefficient (Wildman–Crippen LogP) is 5.16. The van der Waals surface area contributed by atoms with Crippen LogP contribution in [0, 0.1) is 5.82 Å². The maximum absolute atomic E-state index is 13.0. The highest BCUT2D eigenvalue weighted by atomic mass is 32.2. The number of halogens is 1. The molecule has 0 bridgehead atoms. The van der Waals surface area contributed by atoms with Crippen molar-refractivity contribution in [2.45, 2.75) is 18.2 Å². The van der Waals surface area contributed by atoms with Crippen molar-refractivity contribution < 1.29 is 14.0 Å². The van der Waals surface area contributed by atoms with Crippen LogP contribution in [-0.2, 0) is 4.79 Å². The van der Waals surface area contributed by atoms with Crippen LogP contribution in [-0.4, -0.2) is 40.5 Å². The third-order valence-corrected chi connectivity index (χ3v) is 6.44. The molecule has 156 valence electrons. The molecule has 0 aliphatic carbocycles. The van der Waals surface area contributed by atoms with E-state index in [9.17, 15) is 14.0 Å². The fourth-order valence-corrected chi connectivity index (χ4v) is 4.43. The molecule has 0 fully saturated rings. The van der Waals surface area contributed by atoms with Crippen molar-refractivity contribution in [1.82, 2.24) is 9.88 Å². The molecule has 0 radical (unpaired) electrons. The standard InChI is InChI=1S/C22H22FN3O2S2/c1-3-26(4-2)21(28)16-7-11-18(12-8-16)24-20(27)14-30-22-25-19(13-29-22)15-5-9-17(23)10-6-15/h5-13H,3-4,14H2,1-2H3,(H,24,27). The minimum absolute atomic E-state index is 0.0193. The first-order valence-electron chi connectivity index (χ1n) is 9.53. The quantitative estimate of drug-likeness (QED) is 0.489. The summed E-state index contributed by atoms with van der Waals surface area (Å²) in [6.07, 6.45) is 0. The number of hydrogen-bond donors (Lipinski definition) is 1. The average Bonchev–Trinajstić information content (AvgIpc) is 3.23. The zero-order valence-electron chi connectivity index (χ0n) is 16.7. The molecule has 30 heavy (non-hydrogen) atoms. The van der Waals surface area contributed by atoms with Crippen LogP contribution in [0.5, 0.6) is 0 Å². The summed E-state index contributed by atoms with van der Waals surface area (Å²) in [6.45, 7) is 5.20. The van der Waals surface area contributed by atoms with E-state index in [4.69, 9.17) is 0 Å². The van der Waals surface area contributed by atoms with Gasteiger partial charge in [0.15, 0.2) is 4.34 Å². The smallest absolute Gasteiger partial charge is 0.253 e. The van der Waals surface area contributed by atoms with E-state index < -0.39 is 0 Å². The monoisotopic (exact) mass is 443 g/mol. The number of nitrogens with zero attached hydrogens (tertiary/aromatic N) is 2. The van der Waals surface area contributed by atoms with Gasteiger partial charge in [0.2, 0.25) is 5.91 Å². The molecule has 1 aromatic heterocycles. The largest absolute Gasteiger partial charge is 0.339 e. The Morgan fingerprint density at radius 1 is 1.07 bits per heavy atom. The van der Waals surface area contributed by atoms with Crippen molar-refractivity contribution in [3.63, 3.8) is 0 Å². The zero-order valence-corrected chi connectivity index (χ0v) is 18.4. The Balaban J connectivity index is 1.52. The minimum Gasteiger partial charge on any atom is -0.339 e. The number of rotatable bonds is 8. The zero-order chi connectivity index (χ0) is 21.5. The summed E-state index contributed by atoms with van der Waals surface area (Å²) in [5.41, 5.74) is 2.84. The Bertz CT molecular complexity index is 1000. The van der Waals surface area contributed by atoms with Gasteiger partial charge < -0.3 is 10.2 Å². The van der Waals surface area contributed by atoms with Crippen molar-refractivity contribution in [3.05, 3.63) is 65.3 Å². The van der Waals surface area contributed by atoms with Crippen LogP contribution >= 0.6 is 23.1 Å². The maximum atomic E-state index is 13.0. The molecule has 0 unspecified atom stereocenters. The van der Waals surface area contributed by atoms with Crippen LogP contribution < -0.4 is 5.32 Å². The lowest BCUT2D eigenvalue weighted by molar-refractivity contribution is -0.113. The molecule has 1 heterocycles.